The molecule has 0 atom stereocenters. The molecule has 0 saturated heterocycles. The van der Waals surface area contributed by atoms with Crippen molar-refractivity contribution in [2.45, 2.75) is 110 Å². The van der Waals surface area contributed by atoms with E-state index in [1.54, 1.807) is 0 Å². The highest BCUT2D eigenvalue weighted by molar-refractivity contribution is 4.73. The average Bonchev–Trinajstić information content (AvgIpc) is 2.39. The molecule has 0 bridgehead atoms. The van der Waals surface area contributed by atoms with E-state index in [1.807, 2.05) is 0 Å². The van der Waals surface area contributed by atoms with E-state index in [4.69, 9.17) is 0 Å². The minimum absolute atomic E-state index is 0.653. The van der Waals surface area contributed by atoms with E-state index in [0.717, 1.165) is 0 Å². The van der Waals surface area contributed by atoms with E-state index in [0.29, 0.717) is 5.41 Å². The molecule has 0 aromatic rings. The molecule has 0 heteroatoms. The molecule has 1 saturated carbocycles. The first-order valence-corrected chi connectivity index (χ1v) is 8.77. The van der Waals surface area contributed by atoms with Crippen LogP contribution in [0.3, 0.4) is 0 Å². The van der Waals surface area contributed by atoms with E-state index < -0.39 is 0 Å². The summed E-state index contributed by atoms with van der Waals surface area (Å²) in [5.74, 6) is 0. The Morgan fingerprint density at radius 1 is 0.556 bits per heavy atom. The van der Waals surface area contributed by atoms with Gasteiger partial charge in [0.15, 0.2) is 0 Å². The van der Waals surface area contributed by atoms with E-state index in [9.17, 15) is 0 Å². The molecule has 0 heterocycles. The van der Waals surface area contributed by atoms with Crippen molar-refractivity contribution in [1.29, 1.82) is 0 Å². The highest BCUT2D eigenvalue weighted by Gasteiger charge is 2.20. The Morgan fingerprint density at radius 2 is 0.833 bits per heavy atom. The Bertz CT molecular complexity index is 166. The first kappa shape index (κ1) is 16.1. The Hall–Kier alpha value is 0. The van der Waals surface area contributed by atoms with Crippen LogP contribution in [0.4, 0.5) is 0 Å². The molecule has 18 heavy (non-hydrogen) atoms. The van der Waals surface area contributed by atoms with Gasteiger partial charge in [-0.2, -0.15) is 0 Å². The van der Waals surface area contributed by atoms with Crippen LogP contribution in [0.25, 0.3) is 0 Å². The van der Waals surface area contributed by atoms with Crippen molar-refractivity contribution >= 4 is 0 Å². The smallest absolute Gasteiger partial charge is 0.0328 e. The molecule has 0 amide bonds. The number of hydrogen-bond donors (Lipinski definition) is 0. The zero-order valence-electron chi connectivity index (χ0n) is 13.1. The number of hydrogen-bond acceptors (Lipinski definition) is 0. The summed E-state index contributed by atoms with van der Waals surface area (Å²) in [4.78, 5) is 0. The fourth-order valence-corrected chi connectivity index (χ4v) is 3.35. The molecule has 1 fully saturated rings. The van der Waals surface area contributed by atoms with Crippen LogP contribution in [0.2, 0.25) is 0 Å². The van der Waals surface area contributed by atoms with Crippen LogP contribution in [0.5, 0.6) is 0 Å². The fraction of sp³-hybridized carbons (Fsp3) is 1.00. The molecule has 1 aliphatic rings. The third-order valence-electron chi connectivity index (χ3n) is 5.16. The highest BCUT2D eigenvalue weighted by Crippen LogP contribution is 2.34. The first-order chi connectivity index (χ1) is 8.77. The summed E-state index contributed by atoms with van der Waals surface area (Å²) in [5.41, 5.74) is 0.653. The van der Waals surface area contributed by atoms with Crippen LogP contribution in [0.15, 0.2) is 0 Å². The van der Waals surface area contributed by atoms with E-state index in [2.05, 4.69) is 13.8 Å². The second-order valence-corrected chi connectivity index (χ2v) is 6.91. The summed E-state index contributed by atoms with van der Waals surface area (Å²) >= 11 is 0. The summed E-state index contributed by atoms with van der Waals surface area (Å²) < 4.78 is 0. The van der Waals surface area contributed by atoms with Crippen molar-refractivity contribution in [2.24, 2.45) is 5.41 Å². The van der Waals surface area contributed by atoms with Crippen LogP contribution in [0.1, 0.15) is 110 Å². The SMILES string of the molecule is CCC1(C)CCCCCCCCCCCCCC1. The normalized spacial score (nSPS) is 25.0. The molecular weight excluding hydrogens is 216 g/mol. The van der Waals surface area contributed by atoms with Gasteiger partial charge in [0, 0.05) is 0 Å². The maximum Gasteiger partial charge on any atom is -0.0328 e. The van der Waals surface area contributed by atoms with Crippen LogP contribution >= 0.6 is 0 Å². The predicted octanol–water partition coefficient (Wildman–Crippen LogP) is 6.88. The van der Waals surface area contributed by atoms with Gasteiger partial charge in [0.2, 0.25) is 0 Å². The van der Waals surface area contributed by atoms with E-state index >= 15 is 0 Å². The average molecular weight is 252 g/mol. The van der Waals surface area contributed by atoms with Gasteiger partial charge in [-0.25, -0.2) is 0 Å². The monoisotopic (exact) mass is 252 g/mol. The molecule has 0 aliphatic heterocycles. The second kappa shape index (κ2) is 9.87. The van der Waals surface area contributed by atoms with Crippen molar-refractivity contribution in [3.8, 4) is 0 Å². The van der Waals surface area contributed by atoms with Crippen molar-refractivity contribution in [2.75, 3.05) is 0 Å². The van der Waals surface area contributed by atoms with E-state index in [-0.39, 0.29) is 0 Å². The Balaban J connectivity index is 2.29. The molecular formula is C18H36. The quantitative estimate of drug-likeness (QED) is 0.477. The van der Waals surface area contributed by atoms with Gasteiger partial charge in [-0.1, -0.05) is 97.3 Å². The molecule has 1 rings (SSSR count). The summed E-state index contributed by atoms with van der Waals surface area (Å²) in [6, 6.07) is 0. The van der Waals surface area contributed by atoms with Crippen LogP contribution in [0, 0.1) is 5.41 Å². The van der Waals surface area contributed by atoms with Crippen LogP contribution in [-0.2, 0) is 0 Å². The third kappa shape index (κ3) is 7.44. The molecule has 0 spiro atoms. The molecule has 0 aromatic heterocycles. The maximum atomic E-state index is 2.53. The van der Waals surface area contributed by atoms with Crippen LogP contribution in [-0.4, -0.2) is 0 Å². The summed E-state index contributed by atoms with van der Waals surface area (Å²) in [6.07, 6.45) is 22.2. The van der Waals surface area contributed by atoms with Gasteiger partial charge in [-0.05, 0) is 18.3 Å². The fourth-order valence-electron chi connectivity index (χ4n) is 3.35. The molecule has 108 valence electrons. The summed E-state index contributed by atoms with van der Waals surface area (Å²) in [6.45, 7) is 4.93. The van der Waals surface area contributed by atoms with Gasteiger partial charge in [0.25, 0.3) is 0 Å². The maximum absolute atomic E-state index is 2.53. The second-order valence-electron chi connectivity index (χ2n) is 6.91. The zero-order valence-corrected chi connectivity index (χ0v) is 13.1. The minimum Gasteiger partial charge on any atom is -0.0649 e. The lowest BCUT2D eigenvalue weighted by Gasteiger charge is -2.28. The van der Waals surface area contributed by atoms with Gasteiger partial charge in [-0.3, -0.25) is 0 Å². The van der Waals surface area contributed by atoms with Crippen molar-refractivity contribution in [1.82, 2.24) is 0 Å². The third-order valence-corrected chi connectivity index (χ3v) is 5.16. The van der Waals surface area contributed by atoms with Crippen LogP contribution < -0.4 is 0 Å². The lowest BCUT2D eigenvalue weighted by Crippen LogP contribution is -2.15. The van der Waals surface area contributed by atoms with Crippen molar-refractivity contribution < 1.29 is 0 Å². The lowest BCUT2D eigenvalue weighted by molar-refractivity contribution is 0.241. The van der Waals surface area contributed by atoms with E-state index in [1.165, 1.54) is 96.3 Å². The molecule has 1 aliphatic carbocycles. The molecule has 0 N–H and O–H groups in total. The largest absolute Gasteiger partial charge is 0.0649 e. The Labute approximate surface area is 116 Å². The van der Waals surface area contributed by atoms with Gasteiger partial charge in [0.1, 0.15) is 0 Å². The number of rotatable bonds is 1. The van der Waals surface area contributed by atoms with Gasteiger partial charge < -0.3 is 0 Å². The van der Waals surface area contributed by atoms with Gasteiger partial charge in [0.05, 0.1) is 0 Å². The van der Waals surface area contributed by atoms with Gasteiger partial charge >= 0.3 is 0 Å². The lowest BCUT2D eigenvalue weighted by atomic mass is 9.77. The molecule has 0 unspecified atom stereocenters. The standard InChI is InChI=1S/C18H36/c1-3-18(2)16-14-12-10-8-6-4-5-7-9-11-13-15-17-18/h3-17H2,1-2H3. The first-order valence-electron chi connectivity index (χ1n) is 8.77. The predicted molar refractivity (Wildman–Crippen MR) is 83.0 cm³/mol. The highest BCUT2D eigenvalue weighted by atomic mass is 14.3. The van der Waals surface area contributed by atoms with Crippen molar-refractivity contribution in [3.05, 3.63) is 0 Å². The summed E-state index contributed by atoms with van der Waals surface area (Å²) in [7, 11) is 0. The van der Waals surface area contributed by atoms with Crippen molar-refractivity contribution in [3.63, 3.8) is 0 Å². The topological polar surface area (TPSA) is 0 Å². The molecule has 0 aromatic carbocycles. The molecule has 0 nitrogen and oxygen atoms in total. The Kier molecular flexibility index (Phi) is 8.80. The minimum atomic E-state index is 0.653. The molecule has 0 radical (unpaired) electrons. The van der Waals surface area contributed by atoms with Gasteiger partial charge in [-0.15, -0.1) is 0 Å². The Morgan fingerprint density at radius 3 is 1.11 bits per heavy atom. The summed E-state index contributed by atoms with van der Waals surface area (Å²) in [5, 5.41) is 0. The zero-order chi connectivity index (χ0) is 13.1.